The zero-order valence-corrected chi connectivity index (χ0v) is 33.0. The van der Waals surface area contributed by atoms with Crippen LogP contribution in [-0.2, 0) is 20.1 Å². The average Bonchev–Trinajstić information content (AvgIpc) is 3.54. The quantitative estimate of drug-likeness (QED) is 0.124. The van der Waals surface area contributed by atoms with E-state index in [0.717, 1.165) is 50.0 Å². The Morgan fingerprint density at radius 2 is 1.31 bits per heavy atom. The number of pyridine rings is 2. The molecular formula is C46H40IrN2OSi-2. The van der Waals surface area contributed by atoms with Gasteiger partial charge in [0.2, 0.25) is 0 Å². The summed E-state index contributed by atoms with van der Waals surface area (Å²) in [5, 5.41) is 3.59. The molecule has 0 aliphatic rings. The van der Waals surface area contributed by atoms with Gasteiger partial charge in [0.05, 0.1) is 13.7 Å². The molecule has 0 N–H and O–H groups in total. The summed E-state index contributed by atoms with van der Waals surface area (Å²) in [6.07, 6.45) is 3.89. The first-order chi connectivity index (χ1) is 24.2. The smallest absolute Gasteiger partial charge is 0.121 e. The minimum absolute atomic E-state index is 0. The Balaban J connectivity index is 0.000000222. The van der Waals surface area contributed by atoms with Crippen molar-refractivity contribution in [1.82, 2.24) is 9.97 Å². The van der Waals surface area contributed by atoms with Gasteiger partial charge in [0.15, 0.2) is 0 Å². The van der Waals surface area contributed by atoms with E-state index in [1.165, 1.54) is 27.4 Å². The van der Waals surface area contributed by atoms with Crippen LogP contribution in [0.1, 0.15) is 25.3 Å². The van der Waals surface area contributed by atoms with Gasteiger partial charge in [-0.05, 0) is 56.9 Å². The number of hydrogen-bond donors (Lipinski definition) is 0. The summed E-state index contributed by atoms with van der Waals surface area (Å²) in [5.74, 6) is 0.437. The number of nitrogens with zero attached hydrogens (tertiary/aromatic N) is 2. The normalized spacial score (nSPS) is 11.3. The van der Waals surface area contributed by atoms with E-state index in [1.54, 1.807) is 0 Å². The number of rotatable bonds is 6. The van der Waals surface area contributed by atoms with E-state index in [1.807, 2.05) is 48.8 Å². The van der Waals surface area contributed by atoms with Crippen molar-refractivity contribution in [2.45, 2.75) is 39.4 Å². The van der Waals surface area contributed by atoms with E-state index in [4.69, 9.17) is 4.42 Å². The van der Waals surface area contributed by atoms with Gasteiger partial charge in [-0.1, -0.05) is 135 Å². The minimum Gasteiger partial charge on any atom is -0.501 e. The molecule has 5 heteroatoms. The number of aromatic nitrogens is 2. The molecule has 0 atom stereocenters. The van der Waals surface area contributed by atoms with Crippen molar-refractivity contribution in [2.75, 3.05) is 0 Å². The van der Waals surface area contributed by atoms with Gasteiger partial charge >= 0.3 is 0 Å². The number of fused-ring (bicyclic) bond motifs is 3. The molecule has 3 heterocycles. The van der Waals surface area contributed by atoms with Crippen molar-refractivity contribution in [3.05, 3.63) is 164 Å². The monoisotopic (exact) mass is 857 g/mol. The van der Waals surface area contributed by atoms with Crippen molar-refractivity contribution in [3.63, 3.8) is 0 Å². The van der Waals surface area contributed by atoms with Crippen LogP contribution >= 0.6 is 0 Å². The maximum Gasteiger partial charge on any atom is 0.121 e. The Labute approximate surface area is 315 Å². The van der Waals surface area contributed by atoms with Crippen molar-refractivity contribution in [2.24, 2.45) is 0 Å². The zero-order valence-electron chi connectivity index (χ0n) is 29.6. The van der Waals surface area contributed by atoms with Crippen LogP contribution in [0.3, 0.4) is 0 Å². The molecule has 0 amide bonds. The maximum atomic E-state index is 6.42. The molecule has 0 aliphatic heterocycles. The summed E-state index contributed by atoms with van der Waals surface area (Å²) in [6.45, 7) is 11.4. The van der Waals surface area contributed by atoms with Crippen LogP contribution in [0, 0.1) is 12.1 Å². The van der Waals surface area contributed by atoms with Gasteiger partial charge in [0.25, 0.3) is 0 Å². The van der Waals surface area contributed by atoms with Crippen LogP contribution in [-0.4, -0.2) is 18.0 Å². The molecule has 0 saturated heterocycles. The van der Waals surface area contributed by atoms with Crippen molar-refractivity contribution in [1.29, 1.82) is 0 Å². The largest absolute Gasteiger partial charge is 0.501 e. The number of furan rings is 1. The van der Waals surface area contributed by atoms with Crippen LogP contribution in [0.25, 0.3) is 66.7 Å². The number of hydrogen-bond acceptors (Lipinski definition) is 3. The molecule has 8 aromatic rings. The second kappa shape index (κ2) is 15.5. The second-order valence-electron chi connectivity index (χ2n) is 13.9. The summed E-state index contributed by atoms with van der Waals surface area (Å²) >= 11 is 0. The van der Waals surface area contributed by atoms with Crippen LogP contribution < -0.4 is 5.19 Å². The molecule has 3 nitrogen and oxygen atoms in total. The molecule has 0 saturated carbocycles. The Kier molecular flexibility index (Phi) is 10.9. The van der Waals surface area contributed by atoms with Gasteiger partial charge < -0.3 is 14.4 Å². The van der Waals surface area contributed by atoms with E-state index >= 15 is 0 Å². The summed E-state index contributed by atoms with van der Waals surface area (Å²) in [4.78, 5) is 9.14. The van der Waals surface area contributed by atoms with E-state index in [9.17, 15) is 0 Å². The first-order valence-corrected chi connectivity index (χ1v) is 20.7. The van der Waals surface area contributed by atoms with Crippen molar-refractivity contribution in [3.8, 4) is 44.8 Å². The van der Waals surface area contributed by atoms with Crippen LogP contribution in [0.4, 0.5) is 0 Å². The third kappa shape index (κ3) is 8.02. The maximum absolute atomic E-state index is 6.42. The Hall–Kier alpha value is -4.93. The molecule has 0 unspecified atom stereocenters. The molecule has 3 aromatic heterocycles. The first kappa shape index (κ1) is 35.9. The predicted octanol–water partition coefficient (Wildman–Crippen LogP) is 12.0. The Morgan fingerprint density at radius 1 is 0.608 bits per heavy atom. The van der Waals surface area contributed by atoms with Crippen LogP contribution in [0.5, 0.6) is 0 Å². The zero-order chi connectivity index (χ0) is 34.7. The molecular weight excluding hydrogens is 817 g/mol. The average molecular weight is 857 g/mol. The fraction of sp³-hybridized carbons (Fsp3) is 0.130. The summed E-state index contributed by atoms with van der Waals surface area (Å²) in [6, 6.07) is 52.7. The third-order valence-corrected chi connectivity index (χ3v) is 11.1. The fourth-order valence-electron chi connectivity index (χ4n) is 6.09. The molecule has 255 valence electrons. The molecule has 0 spiro atoms. The van der Waals surface area contributed by atoms with Gasteiger partial charge in [-0.2, -0.15) is 0 Å². The van der Waals surface area contributed by atoms with Gasteiger partial charge in [0.1, 0.15) is 5.58 Å². The van der Waals surface area contributed by atoms with E-state index < -0.39 is 8.07 Å². The minimum atomic E-state index is -1.23. The van der Waals surface area contributed by atoms with E-state index in [0.29, 0.717) is 5.92 Å². The van der Waals surface area contributed by atoms with Gasteiger partial charge in [-0.3, -0.25) is 0 Å². The van der Waals surface area contributed by atoms with Gasteiger partial charge in [-0.25, -0.2) is 0 Å². The molecule has 5 aromatic carbocycles. The predicted molar refractivity (Wildman–Crippen MR) is 212 cm³/mol. The van der Waals surface area contributed by atoms with Crippen molar-refractivity contribution < 1.29 is 24.5 Å². The second-order valence-corrected chi connectivity index (χ2v) is 19.0. The molecule has 0 bridgehead atoms. The third-order valence-electron chi connectivity index (χ3n) is 9.08. The summed E-state index contributed by atoms with van der Waals surface area (Å²) in [7, 11) is -1.23. The van der Waals surface area contributed by atoms with E-state index in [-0.39, 0.29) is 20.1 Å². The first-order valence-electron chi connectivity index (χ1n) is 17.2. The Morgan fingerprint density at radius 3 is 1.98 bits per heavy atom. The summed E-state index contributed by atoms with van der Waals surface area (Å²) in [5.41, 5.74) is 11.6. The van der Waals surface area contributed by atoms with Gasteiger partial charge in [-0.15, -0.1) is 54.1 Å². The molecule has 0 fully saturated rings. The topological polar surface area (TPSA) is 38.9 Å². The summed E-state index contributed by atoms with van der Waals surface area (Å²) < 4.78 is 6.42. The van der Waals surface area contributed by atoms with Crippen LogP contribution in [0.15, 0.2) is 150 Å². The van der Waals surface area contributed by atoms with E-state index in [2.05, 4.69) is 153 Å². The SMILES string of the molecule is CC(C)c1ccnc(-c2[c-]ccc3c2oc2cc(-c4ccc(-c5ccccc5)cc4)ccc23)c1.C[Si](C)(C)c1ccc(-c2[c-]cccc2)nc1.[Ir]. The number of benzene rings is 5. The molecule has 1 radical (unpaired) electrons. The molecule has 8 rings (SSSR count). The molecule has 51 heavy (non-hydrogen) atoms. The Bertz CT molecular complexity index is 2360. The van der Waals surface area contributed by atoms with Crippen LogP contribution in [0.2, 0.25) is 19.6 Å². The van der Waals surface area contributed by atoms with Gasteiger partial charge in [0, 0.05) is 37.9 Å². The fourth-order valence-corrected chi connectivity index (χ4v) is 7.12. The standard InChI is InChI=1S/C32H24NO.C14H16NSi.Ir/c1-21(2)25-17-18-33-30(19-25)29-10-6-9-28-27-16-15-26(20-31(27)34-32(28)29)24-13-11-23(12-14-24)22-7-4-3-5-8-22;1-16(2,3)13-9-10-14(15-11-13)12-7-5-4-6-8-12;/h3-9,11-21H,1-2H3;4-7,9-11H,1-3H3;/q2*-1;. The van der Waals surface area contributed by atoms with Crippen molar-refractivity contribution >= 4 is 35.2 Å². The molecule has 0 aliphatic carbocycles.